The third kappa shape index (κ3) is 3.68. The van der Waals surface area contributed by atoms with Gasteiger partial charge in [-0.1, -0.05) is 32.0 Å². The van der Waals surface area contributed by atoms with Crippen molar-refractivity contribution in [1.29, 1.82) is 0 Å². The monoisotopic (exact) mass is 273 g/mol. The minimum absolute atomic E-state index is 0.485. The molecule has 0 aliphatic carbocycles. The fourth-order valence-electron chi connectivity index (χ4n) is 2.17. The standard InChI is InChI=1S/C16H23N3O/c1-13(2)15-6-4-5-7-16(15)19-10-8-14(18-19)12-17-9-11-20-3/h4-8,10,13,17H,9,11-12H2,1-3H3. The van der Waals surface area contributed by atoms with Gasteiger partial charge in [-0.25, -0.2) is 4.68 Å². The van der Waals surface area contributed by atoms with Gasteiger partial charge in [0.15, 0.2) is 0 Å². The molecule has 0 saturated heterocycles. The zero-order chi connectivity index (χ0) is 14.4. The average Bonchev–Trinajstić information content (AvgIpc) is 2.92. The molecule has 0 aliphatic rings. The lowest BCUT2D eigenvalue weighted by molar-refractivity contribution is 0.199. The molecule has 0 unspecified atom stereocenters. The van der Waals surface area contributed by atoms with E-state index in [0.29, 0.717) is 5.92 Å². The molecule has 2 aromatic rings. The van der Waals surface area contributed by atoms with Crippen LogP contribution in [0.1, 0.15) is 31.0 Å². The van der Waals surface area contributed by atoms with E-state index >= 15 is 0 Å². The molecular formula is C16H23N3O. The van der Waals surface area contributed by atoms with Gasteiger partial charge in [0.2, 0.25) is 0 Å². The second-order valence-corrected chi connectivity index (χ2v) is 5.13. The molecule has 4 heteroatoms. The molecule has 108 valence electrons. The zero-order valence-electron chi connectivity index (χ0n) is 12.5. The minimum atomic E-state index is 0.485. The summed E-state index contributed by atoms with van der Waals surface area (Å²) in [5.74, 6) is 0.485. The third-order valence-corrected chi connectivity index (χ3v) is 3.24. The number of benzene rings is 1. The molecule has 0 fully saturated rings. The van der Waals surface area contributed by atoms with Crippen LogP contribution in [0.3, 0.4) is 0 Å². The summed E-state index contributed by atoms with van der Waals surface area (Å²) in [6.45, 7) is 6.73. The van der Waals surface area contributed by atoms with Crippen LogP contribution in [0.5, 0.6) is 0 Å². The number of nitrogens with one attached hydrogen (secondary N) is 1. The number of rotatable bonds is 7. The highest BCUT2D eigenvalue weighted by molar-refractivity contribution is 5.42. The number of nitrogens with zero attached hydrogens (tertiary/aromatic N) is 2. The molecule has 1 heterocycles. The fourth-order valence-corrected chi connectivity index (χ4v) is 2.17. The lowest BCUT2D eigenvalue weighted by Gasteiger charge is -2.12. The molecule has 1 aromatic heterocycles. The zero-order valence-corrected chi connectivity index (χ0v) is 12.5. The Bertz CT molecular complexity index is 534. The fraction of sp³-hybridized carbons (Fsp3) is 0.438. The van der Waals surface area contributed by atoms with Gasteiger partial charge in [0.25, 0.3) is 0 Å². The molecule has 0 bridgehead atoms. The van der Waals surface area contributed by atoms with E-state index in [-0.39, 0.29) is 0 Å². The Kier molecular flexibility index (Phi) is 5.32. The van der Waals surface area contributed by atoms with Gasteiger partial charge in [-0.3, -0.25) is 0 Å². The highest BCUT2D eigenvalue weighted by atomic mass is 16.5. The first-order valence-electron chi connectivity index (χ1n) is 7.06. The number of aromatic nitrogens is 2. The predicted octanol–water partition coefficient (Wildman–Crippen LogP) is 2.73. The van der Waals surface area contributed by atoms with Crippen LogP contribution < -0.4 is 5.32 Å². The lowest BCUT2D eigenvalue weighted by Crippen LogP contribution is -2.18. The molecule has 20 heavy (non-hydrogen) atoms. The van der Waals surface area contributed by atoms with Crippen molar-refractivity contribution in [3.05, 3.63) is 47.8 Å². The van der Waals surface area contributed by atoms with Crippen LogP contribution in [0.4, 0.5) is 0 Å². The molecule has 0 radical (unpaired) electrons. The smallest absolute Gasteiger partial charge is 0.0766 e. The molecule has 0 spiro atoms. The van der Waals surface area contributed by atoms with Gasteiger partial charge in [0.05, 0.1) is 18.0 Å². The molecule has 0 amide bonds. The Labute approximate surface area is 120 Å². The van der Waals surface area contributed by atoms with Gasteiger partial charge in [0.1, 0.15) is 0 Å². The van der Waals surface area contributed by atoms with Crippen molar-refractivity contribution >= 4 is 0 Å². The van der Waals surface area contributed by atoms with Crippen molar-refractivity contribution in [2.24, 2.45) is 0 Å². The van der Waals surface area contributed by atoms with E-state index in [0.717, 1.165) is 31.1 Å². The van der Waals surface area contributed by atoms with E-state index in [1.807, 2.05) is 10.9 Å². The number of ether oxygens (including phenoxy) is 1. The first kappa shape index (κ1) is 14.8. The van der Waals surface area contributed by atoms with Crippen molar-refractivity contribution in [3.63, 3.8) is 0 Å². The van der Waals surface area contributed by atoms with Crippen molar-refractivity contribution < 1.29 is 4.74 Å². The maximum Gasteiger partial charge on any atom is 0.0766 e. The number of methoxy groups -OCH3 is 1. The summed E-state index contributed by atoms with van der Waals surface area (Å²) in [6, 6.07) is 10.5. The average molecular weight is 273 g/mol. The second-order valence-electron chi connectivity index (χ2n) is 5.13. The molecular weight excluding hydrogens is 250 g/mol. The highest BCUT2D eigenvalue weighted by Crippen LogP contribution is 2.22. The van der Waals surface area contributed by atoms with Gasteiger partial charge in [0, 0.05) is 26.4 Å². The van der Waals surface area contributed by atoms with E-state index in [9.17, 15) is 0 Å². The molecule has 0 saturated carbocycles. The largest absolute Gasteiger partial charge is 0.383 e. The van der Waals surface area contributed by atoms with Crippen LogP contribution in [0, 0.1) is 0 Å². The molecule has 4 nitrogen and oxygen atoms in total. The summed E-state index contributed by atoms with van der Waals surface area (Å²) in [4.78, 5) is 0. The number of hydrogen-bond acceptors (Lipinski definition) is 3. The number of para-hydroxylation sites is 1. The van der Waals surface area contributed by atoms with E-state index in [1.165, 1.54) is 5.56 Å². The lowest BCUT2D eigenvalue weighted by atomic mass is 10.0. The van der Waals surface area contributed by atoms with Crippen LogP contribution in [0.15, 0.2) is 36.5 Å². The normalized spacial score (nSPS) is 11.2. The summed E-state index contributed by atoms with van der Waals surface area (Å²) >= 11 is 0. The summed E-state index contributed by atoms with van der Waals surface area (Å²) in [5, 5.41) is 7.94. The second kappa shape index (κ2) is 7.22. The van der Waals surface area contributed by atoms with Crippen LogP contribution in [0.2, 0.25) is 0 Å². The first-order chi connectivity index (χ1) is 9.72. The quantitative estimate of drug-likeness (QED) is 0.788. The Morgan fingerprint density at radius 1 is 1.25 bits per heavy atom. The van der Waals surface area contributed by atoms with Crippen LogP contribution in [-0.4, -0.2) is 30.0 Å². The Morgan fingerprint density at radius 2 is 2.05 bits per heavy atom. The van der Waals surface area contributed by atoms with E-state index in [1.54, 1.807) is 7.11 Å². The maximum absolute atomic E-state index is 5.01. The van der Waals surface area contributed by atoms with Gasteiger partial charge in [-0.2, -0.15) is 5.10 Å². The topological polar surface area (TPSA) is 39.1 Å². The first-order valence-corrected chi connectivity index (χ1v) is 7.06. The molecule has 1 N–H and O–H groups in total. The summed E-state index contributed by atoms with van der Waals surface area (Å²) in [6.07, 6.45) is 2.02. The Balaban J connectivity index is 2.09. The van der Waals surface area contributed by atoms with Gasteiger partial charge in [-0.05, 0) is 23.6 Å². The van der Waals surface area contributed by atoms with Crippen molar-refractivity contribution in [1.82, 2.24) is 15.1 Å². The van der Waals surface area contributed by atoms with Crippen molar-refractivity contribution in [2.45, 2.75) is 26.3 Å². The van der Waals surface area contributed by atoms with E-state index < -0.39 is 0 Å². The number of hydrogen-bond donors (Lipinski definition) is 1. The Hall–Kier alpha value is -1.65. The third-order valence-electron chi connectivity index (χ3n) is 3.24. The SMILES string of the molecule is COCCNCc1ccn(-c2ccccc2C(C)C)n1. The minimum Gasteiger partial charge on any atom is -0.383 e. The van der Waals surface area contributed by atoms with Crippen LogP contribution in [-0.2, 0) is 11.3 Å². The molecule has 0 aliphatic heterocycles. The van der Waals surface area contributed by atoms with Crippen LogP contribution in [0.25, 0.3) is 5.69 Å². The molecule has 0 atom stereocenters. The molecule has 2 rings (SSSR count). The highest BCUT2D eigenvalue weighted by Gasteiger charge is 2.08. The van der Waals surface area contributed by atoms with E-state index in [4.69, 9.17) is 4.74 Å². The summed E-state index contributed by atoms with van der Waals surface area (Å²) in [7, 11) is 1.71. The molecule has 1 aromatic carbocycles. The van der Waals surface area contributed by atoms with Crippen molar-refractivity contribution in [2.75, 3.05) is 20.3 Å². The van der Waals surface area contributed by atoms with Crippen LogP contribution >= 0.6 is 0 Å². The van der Waals surface area contributed by atoms with Gasteiger partial charge < -0.3 is 10.1 Å². The van der Waals surface area contributed by atoms with Gasteiger partial charge in [-0.15, -0.1) is 0 Å². The summed E-state index contributed by atoms with van der Waals surface area (Å²) in [5.41, 5.74) is 3.51. The maximum atomic E-state index is 5.01. The Morgan fingerprint density at radius 3 is 2.80 bits per heavy atom. The van der Waals surface area contributed by atoms with E-state index in [2.05, 4.69) is 54.6 Å². The summed E-state index contributed by atoms with van der Waals surface area (Å²) < 4.78 is 6.97. The predicted molar refractivity (Wildman–Crippen MR) is 81.2 cm³/mol. The van der Waals surface area contributed by atoms with Gasteiger partial charge >= 0.3 is 0 Å². The van der Waals surface area contributed by atoms with Crippen molar-refractivity contribution in [3.8, 4) is 5.69 Å².